The summed E-state index contributed by atoms with van der Waals surface area (Å²) in [4.78, 5) is 8.71. The number of anilines is 2. The maximum Gasteiger partial charge on any atom is 0.222 e. The number of nitrogens with two attached hydrogens (primary N) is 1. The van der Waals surface area contributed by atoms with E-state index in [1.807, 2.05) is 10.9 Å². The van der Waals surface area contributed by atoms with Gasteiger partial charge in [-0.1, -0.05) is 25.5 Å². The van der Waals surface area contributed by atoms with Gasteiger partial charge in [-0.05, 0) is 36.3 Å². The number of aromatic nitrogens is 4. The summed E-state index contributed by atoms with van der Waals surface area (Å²) in [5.74, 6) is 1.81. The Labute approximate surface area is 194 Å². The van der Waals surface area contributed by atoms with Gasteiger partial charge in [0, 0.05) is 37.8 Å². The zero-order chi connectivity index (χ0) is 22.8. The lowest BCUT2D eigenvalue weighted by Crippen LogP contribution is -2.64. The lowest BCUT2D eigenvalue weighted by Gasteiger charge is -2.54. The molecular formula is C24H34N8O. The lowest BCUT2D eigenvalue weighted by molar-refractivity contribution is 0.0230. The molecule has 1 aliphatic heterocycles. The van der Waals surface area contributed by atoms with Crippen LogP contribution in [-0.2, 0) is 13.1 Å². The Morgan fingerprint density at radius 1 is 1.27 bits per heavy atom. The summed E-state index contributed by atoms with van der Waals surface area (Å²) in [5.41, 5.74) is 10.3. The standard InChI is InChI=1S/C24H34N8O/c1-3-4-7-27-22-21-19(29-23(25)30-22)13-32(31-21)12-17-6-5-16(8-20(17)33-2)11-28-18-9-24(10-18)14-26-15-24/h5-6,8,13,18,26,28H,3-4,7,9-12,14-15H2,1-2H3,(H3,25,27,29,30). The number of hydrogen-bond acceptors (Lipinski definition) is 8. The first kappa shape index (κ1) is 21.9. The van der Waals surface area contributed by atoms with Crippen LogP contribution in [0.15, 0.2) is 24.4 Å². The molecule has 9 nitrogen and oxygen atoms in total. The van der Waals surface area contributed by atoms with Crippen molar-refractivity contribution in [1.82, 2.24) is 30.4 Å². The van der Waals surface area contributed by atoms with Crippen molar-refractivity contribution >= 4 is 22.8 Å². The van der Waals surface area contributed by atoms with Crippen LogP contribution < -0.4 is 26.4 Å². The quantitative estimate of drug-likeness (QED) is 0.348. The van der Waals surface area contributed by atoms with Gasteiger partial charge in [-0.3, -0.25) is 4.68 Å². The Morgan fingerprint density at radius 3 is 2.85 bits per heavy atom. The molecule has 2 aliphatic rings. The molecule has 2 aromatic heterocycles. The van der Waals surface area contributed by atoms with Crippen molar-refractivity contribution in [1.29, 1.82) is 0 Å². The summed E-state index contributed by atoms with van der Waals surface area (Å²) < 4.78 is 7.58. The summed E-state index contributed by atoms with van der Waals surface area (Å²) in [5, 5.41) is 15.2. The number of nitrogen functional groups attached to an aromatic ring is 1. The fourth-order valence-corrected chi connectivity index (χ4v) is 4.93. The summed E-state index contributed by atoms with van der Waals surface area (Å²) in [6, 6.07) is 7.05. The van der Waals surface area contributed by atoms with Gasteiger partial charge < -0.3 is 26.4 Å². The molecule has 9 heteroatoms. The van der Waals surface area contributed by atoms with Crippen molar-refractivity contribution in [2.24, 2.45) is 5.41 Å². The molecule has 1 aromatic carbocycles. The lowest BCUT2D eigenvalue weighted by atomic mass is 9.61. The van der Waals surface area contributed by atoms with Crippen molar-refractivity contribution < 1.29 is 4.74 Å². The van der Waals surface area contributed by atoms with Gasteiger partial charge in [-0.25, -0.2) is 4.98 Å². The summed E-state index contributed by atoms with van der Waals surface area (Å²) >= 11 is 0. The van der Waals surface area contributed by atoms with E-state index in [0.717, 1.165) is 48.3 Å². The smallest absolute Gasteiger partial charge is 0.222 e. The van der Waals surface area contributed by atoms with E-state index in [9.17, 15) is 0 Å². The molecule has 5 N–H and O–H groups in total. The van der Waals surface area contributed by atoms with Crippen LogP contribution in [0.25, 0.3) is 11.0 Å². The van der Waals surface area contributed by atoms with Gasteiger partial charge in [0.05, 0.1) is 19.9 Å². The first-order valence-corrected chi connectivity index (χ1v) is 11.9. The molecule has 1 saturated carbocycles. The van der Waals surface area contributed by atoms with Crippen LogP contribution >= 0.6 is 0 Å². The number of rotatable bonds is 10. The van der Waals surface area contributed by atoms with Gasteiger partial charge in [0.1, 0.15) is 11.3 Å². The van der Waals surface area contributed by atoms with E-state index in [2.05, 4.69) is 51.0 Å². The van der Waals surface area contributed by atoms with Crippen LogP contribution in [0.5, 0.6) is 5.75 Å². The second kappa shape index (κ2) is 9.15. The van der Waals surface area contributed by atoms with Crippen LogP contribution in [0.4, 0.5) is 11.8 Å². The van der Waals surface area contributed by atoms with Gasteiger partial charge in [-0.2, -0.15) is 10.1 Å². The van der Waals surface area contributed by atoms with Crippen LogP contribution in [-0.4, -0.2) is 52.5 Å². The summed E-state index contributed by atoms with van der Waals surface area (Å²) in [6.07, 6.45) is 6.64. The summed E-state index contributed by atoms with van der Waals surface area (Å²) in [6.45, 7) is 6.80. The number of unbranched alkanes of at least 4 members (excludes halogenated alkanes) is 1. The zero-order valence-electron chi connectivity index (χ0n) is 19.5. The minimum Gasteiger partial charge on any atom is -0.496 e. The molecule has 176 valence electrons. The molecule has 0 bridgehead atoms. The number of ether oxygens (including phenoxy) is 1. The Bertz CT molecular complexity index is 1120. The molecule has 0 atom stereocenters. The van der Waals surface area contributed by atoms with Crippen LogP contribution in [0.1, 0.15) is 43.7 Å². The minimum atomic E-state index is 0.251. The second-order valence-corrected chi connectivity index (χ2v) is 9.51. The average Bonchev–Trinajstić information content (AvgIpc) is 3.14. The Hall–Kier alpha value is -2.91. The third-order valence-corrected chi connectivity index (χ3v) is 6.89. The highest BCUT2D eigenvalue weighted by molar-refractivity contribution is 5.85. The largest absolute Gasteiger partial charge is 0.496 e. The highest BCUT2D eigenvalue weighted by atomic mass is 16.5. The molecule has 1 saturated heterocycles. The van der Waals surface area contributed by atoms with Crippen molar-refractivity contribution in [3.63, 3.8) is 0 Å². The first-order chi connectivity index (χ1) is 16.1. The molecule has 2 fully saturated rings. The van der Waals surface area contributed by atoms with E-state index in [0.29, 0.717) is 23.8 Å². The van der Waals surface area contributed by atoms with Gasteiger partial charge in [0.2, 0.25) is 5.95 Å². The number of benzene rings is 1. The number of hydrogen-bond donors (Lipinski definition) is 4. The van der Waals surface area contributed by atoms with Crippen molar-refractivity contribution in [3.8, 4) is 5.75 Å². The van der Waals surface area contributed by atoms with E-state index in [4.69, 9.17) is 15.6 Å². The SMILES string of the molecule is CCCCNc1nc(N)nc2cn(Cc3ccc(CNC4CC5(CNC5)C4)cc3OC)nc12. The van der Waals surface area contributed by atoms with E-state index < -0.39 is 0 Å². The third kappa shape index (κ3) is 4.60. The molecule has 3 aromatic rings. The highest BCUT2D eigenvalue weighted by Crippen LogP contribution is 2.44. The molecule has 1 aliphatic carbocycles. The molecule has 5 rings (SSSR count). The second-order valence-electron chi connectivity index (χ2n) is 9.51. The average molecular weight is 451 g/mol. The Morgan fingerprint density at radius 2 is 2.12 bits per heavy atom. The van der Waals surface area contributed by atoms with Gasteiger partial charge in [0.25, 0.3) is 0 Å². The topological polar surface area (TPSA) is 115 Å². The fourth-order valence-electron chi connectivity index (χ4n) is 4.93. The number of fused-ring (bicyclic) bond motifs is 1. The fraction of sp³-hybridized carbons (Fsp3) is 0.542. The van der Waals surface area contributed by atoms with E-state index >= 15 is 0 Å². The maximum absolute atomic E-state index is 5.91. The Kier molecular flexibility index (Phi) is 6.07. The van der Waals surface area contributed by atoms with Crippen molar-refractivity contribution in [2.45, 2.75) is 51.7 Å². The third-order valence-electron chi connectivity index (χ3n) is 6.89. The molecule has 0 radical (unpaired) electrons. The first-order valence-electron chi connectivity index (χ1n) is 11.9. The minimum absolute atomic E-state index is 0.251. The van der Waals surface area contributed by atoms with Crippen LogP contribution in [0.2, 0.25) is 0 Å². The van der Waals surface area contributed by atoms with Crippen LogP contribution in [0.3, 0.4) is 0 Å². The number of methoxy groups -OCH3 is 1. The van der Waals surface area contributed by atoms with Crippen molar-refractivity contribution in [3.05, 3.63) is 35.5 Å². The van der Waals surface area contributed by atoms with Gasteiger partial charge in [-0.15, -0.1) is 0 Å². The van der Waals surface area contributed by atoms with E-state index in [1.54, 1.807) is 7.11 Å². The molecule has 1 spiro atoms. The molecule has 3 heterocycles. The highest BCUT2D eigenvalue weighted by Gasteiger charge is 2.47. The van der Waals surface area contributed by atoms with Crippen molar-refractivity contribution in [2.75, 3.05) is 37.8 Å². The van der Waals surface area contributed by atoms with E-state index in [1.165, 1.54) is 31.5 Å². The van der Waals surface area contributed by atoms with Gasteiger partial charge >= 0.3 is 0 Å². The predicted octanol–water partition coefficient (Wildman–Crippen LogP) is 2.52. The number of nitrogens with one attached hydrogen (secondary N) is 3. The molecule has 0 amide bonds. The normalized spacial score (nSPS) is 17.2. The summed E-state index contributed by atoms with van der Waals surface area (Å²) in [7, 11) is 1.72. The van der Waals surface area contributed by atoms with Crippen LogP contribution in [0, 0.1) is 5.41 Å². The van der Waals surface area contributed by atoms with E-state index in [-0.39, 0.29) is 5.95 Å². The molecule has 33 heavy (non-hydrogen) atoms. The molecule has 0 unspecified atom stereocenters. The monoisotopic (exact) mass is 450 g/mol. The maximum atomic E-state index is 5.91. The van der Waals surface area contributed by atoms with Gasteiger partial charge in [0.15, 0.2) is 11.3 Å². The predicted molar refractivity (Wildman–Crippen MR) is 130 cm³/mol. The number of nitrogens with zero attached hydrogens (tertiary/aromatic N) is 4. The zero-order valence-corrected chi connectivity index (χ0v) is 19.5. The molecular weight excluding hydrogens is 416 g/mol. The Balaban J connectivity index is 1.26.